The lowest BCUT2D eigenvalue weighted by molar-refractivity contribution is 1.45. The minimum atomic E-state index is 0.677. The SMILES string of the molecule is [C-]#[N+]c1ccc2[nH]c(-c3ccccc3)cc2c1. The summed E-state index contributed by atoms with van der Waals surface area (Å²) in [6, 6.07) is 18.0. The number of benzene rings is 2. The van der Waals surface area contributed by atoms with Crippen molar-refractivity contribution in [1.29, 1.82) is 0 Å². The maximum atomic E-state index is 7.00. The first-order chi connectivity index (χ1) is 8.36. The molecule has 2 nitrogen and oxygen atoms in total. The van der Waals surface area contributed by atoms with Crippen LogP contribution in [0.25, 0.3) is 27.0 Å². The highest BCUT2D eigenvalue weighted by Crippen LogP contribution is 2.26. The lowest BCUT2D eigenvalue weighted by Crippen LogP contribution is -1.74. The minimum absolute atomic E-state index is 0.677. The van der Waals surface area contributed by atoms with E-state index in [0.29, 0.717) is 5.69 Å². The van der Waals surface area contributed by atoms with Gasteiger partial charge < -0.3 is 4.98 Å². The number of aromatic nitrogens is 1. The van der Waals surface area contributed by atoms with Gasteiger partial charge in [0, 0.05) is 11.2 Å². The highest BCUT2D eigenvalue weighted by molar-refractivity contribution is 5.88. The lowest BCUT2D eigenvalue weighted by Gasteiger charge is -1.94. The Labute approximate surface area is 99.3 Å². The summed E-state index contributed by atoms with van der Waals surface area (Å²) in [6.45, 7) is 7.00. The Hall–Kier alpha value is -2.53. The van der Waals surface area contributed by atoms with Crippen molar-refractivity contribution >= 4 is 16.6 Å². The second-order valence-electron chi connectivity index (χ2n) is 3.93. The van der Waals surface area contributed by atoms with Crippen molar-refractivity contribution in [3.63, 3.8) is 0 Å². The summed E-state index contributed by atoms with van der Waals surface area (Å²) in [5.74, 6) is 0. The van der Waals surface area contributed by atoms with Gasteiger partial charge in [-0.25, -0.2) is 4.85 Å². The number of aromatic amines is 1. The van der Waals surface area contributed by atoms with E-state index >= 15 is 0 Å². The van der Waals surface area contributed by atoms with Crippen LogP contribution in [0, 0.1) is 6.57 Å². The molecule has 0 fully saturated rings. The van der Waals surface area contributed by atoms with Crippen molar-refractivity contribution in [3.05, 3.63) is 66.0 Å². The highest BCUT2D eigenvalue weighted by atomic mass is 14.7. The molecule has 2 heteroatoms. The molecular formula is C15H10N2. The number of hydrogen-bond acceptors (Lipinski definition) is 0. The molecule has 0 aliphatic rings. The molecule has 0 saturated heterocycles. The molecule has 0 aliphatic heterocycles. The van der Waals surface area contributed by atoms with Gasteiger partial charge in [-0.1, -0.05) is 36.4 Å². The van der Waals surface area contributed by atoms with Gasteiger partial charge in [-0.05, 0) is 29.1 Å². The van der Waals surface area contributed by atoms with Gasteiger partial charge in [0.2, 0.25) is 0 Å². The van der Waals surface area contributed by atoms with Gasteiger partial charge in [-0.2, -0.15) is 0 Å². The average molecular weight is 218 g/mol. The number of hydrogen-bond donors (Lipinski definition) is 1. The molecule has 1 N–H and O–H groups in total. The van der Waals surface area contributed by atoms with E-state index in [2.05, 4.69) is 28.0 Å². The molecule has 0 amide bonds. The van der Waals surface area contributed by atoms with Crippen LogP contribution in [0.1, 0.15) is 0 Å². The second-order valence-corrected chi connectivity index (χ2v) is 3.93. The minimum Gasteiger partial charge on any atom is -0.355 e. The summed E-state index contributed by atoms with van der Waals surface area (Å²) in [5, 5.41) is 1.08. The molecule has 2 aromatic carbocycles. The lowest BCUT2D eigenvalue weighted by atomic mass is 10.1. The molecule has 80 valence electrons. The highest BCUT2D eigenvalue weighted by Gasteiger charge is 2.03. The summed E-state index contributed by atoms with van der Waals surface area (Å²) >= 11 is 0. The maximum absolute atomic E-state index is 7.00. The summed E-state index contributed by atoms with van der Waals surface area (Å²) in [5.41, 5.74) is 3.99. The van der Waals surface area contributed by atoms with E-state index in [1.807, 2.05) is 36.4 Å². The summed E-state index contributed by atoms with van der Waals surface area (Å²) < 4.78 is 0. The fourth-order valence-electron chi connectivity index (χ4n) is 1.96. The van der Waals surface area contributed by atoms with Crippen LogP contribution in [0.4, 0.5) is 5.69 Å². The van der Waals surface area contributed by atoms with Crippen molar-refractivity contribution in [1.82, 2.24) is 4.98 Å². The van der Waals surface area contributed by atoms with E-state index in [1.165, 1.54) is 0 Å². The van der Waals surface area contributed by atoms with Crippen LogP contribution in [0.3, 0.4) is 0 Å². The Balaban J connectivity index is 2.18. The van der Waals surface area contributed by atoms with Crippen molar-refractivity contribution in [2.75, 3.05) is 0 Å². The standard InChI is InChI=1S/C15H10N2/c1-16-13-7-8-14-12(9-13)10-15(17-14)11-5-3-2-4-6-11/h2-10,17H. The van der Waals surface area contributed by atoms with Gasteiger partial charge in [-0.3, -0.25) is 0 Å². The Bertz CT molecular complexity index is 703. The molecule has 0 aliphatic carbocycles. The van der Waals surface area contributed by atoms with Crippen molar-refractivity contribution in [3.8, 4) is 11.3 Å². The van der Waals surface area contributed by atoms with E-state index < -0.39 is 0 Å². The number of nitrogens with zero attached hydrogens (tertiary/aromatic N) is 1. The number of H-pyrrole nitrogens is 1. The average Bonchev–Trinajstić information content (AvgIpc) is 2.82. The van der Waals surface area contributed by atoms with Gasteiger partial charge in [0.25, 0.3) is 0 Å². The van der Waals surface area contributed by atoms with E-state index in [0.717, 1.165) is 22.2 Å². The molecule has 17 heavy (non-hydrogen) atoms. The number of rotatable bonds is 1. The molecular weight excluding hydrogens is 208 g/mol. The molecule has 0 saturated carbocycles. The van der Waals surface area contributed by atoms with Crippen molar-refractivity contribution in [2.24, 2.45) is 0 Å². The van der Waals surface area contributed by atoms with Gasteiger partial charge in [0.15, 0.2) is 5.69 Å². The topological polar surface area (TPSA) is 20.1 Å². The number of nitrogens with one attached hydrogen (secondary N) is 1. The largest absolute Gasteiger partial charge is 0.355 e. The summed E-state index contributed by atoms with van der Waals surface area (Å²) in [6.07, 6.45) is 0. The van der Waals surface area contributed by atoms with Crippen molar-refractivity contribution in [2.45, 2.75) is 0 Å². The molecule has 3 rings (SSSR count). The first-order valence-electron chi connectivity index (χ1n) is 5.42. The van der Waals surface area contributed by atoms with Crippen LogP contribution in [-0.2, 0) is 0 Å². The molecule has 1 aromatic heterocycles. The quantitative estimate of drug-likeness (QED) is 0.585. The predicted molar refractivity (Wildman–Crippen MR) is 70.0 cm³/mol. The molecule has 1 heterocycles. The molecule has 0 radical (unpaired) electrons. The van der Waals surface area contributed by atoms with Crippen molar-refractivity contribution < 1.29 is 0 Å². The third-order valence-corrected chi connectivity index (χ3v) is 2.82. The summed E-state index contributed by atoms with van der Waals surface area (Å²) in [7, 11) is 0. The van der Waals surface area contributed by atoms with E-state index in [4.69, 9.17) is 6.57 Å². The zero-order valence-corrected chi connectivity index (χ0v) is 9.14. The fourth-order valence-corrected chi connectivity index (χ4v) is 1.96. The molecule has 0 spiro atoms. The van der Waals surface area contributed by atoms with E-state index in [1.54, 1.807) is 0 Å². The van der Waals surface area contributed by atoms with Crippen LogP contribution in [0.5, 0.6) is 0 Å². The van der Waals surface area contributed by atoms with E-state index in [-0.39, 0.29) is 0 Å². The van der Waals surface area contributed by atoms with Gasteiger partial charge in [0.05, 0.1) is 6.57 Å². The second kappa shape index (κ2) is 3.80. The fraction of sp³-hybridized carbons (Fsp3) is 0. The molecule has 0 unspecified atom stereocenters. The third kappa shape index (κ3) is 1.68. The Morgan fingerprint density at radius 2 is 1.76 bits per heavy atom. The van der Waals surface area contributed by atoms with Gasteiger partial charge >= 0.3 is 0 Å². The Morgan fingerprint density at radius 3 is 2.53 bits per heavy atom. The van der Waals surface area contributed by atoms with E-state index in [9.17, 15) is 0 Å². The number of fused-ring (bicyclic) bond motifs is 1. The van der Waals surface area contributed by atoms with Crippen LogP contribution in [0.2, 0.25) is 0 Å². The Morgan fingerprint density at radius 1 is 0.941 bits per heavy atom. The van der Waals surface area contributed by atoms with Crippen LogP contribution >= 0.6 is 0 Å². The zero-order valence-electron chi connectivity index (χ0n) is 9.14. The summed E-state index contributed by atoms with van der Waals surface area (Å²) in [4.78, 5) is 6.80. The third-order valence-electron chi connectivity index (χ3n) is 2.82. The zero-order chi connectivity index (χ0) is 11.7. The van der Waals surface area contributed by atoms with Gasteiger partial charge in [0.1, 0.15) is 0 Å². The van der Waals surface area contributed by atoms with Gasteiger partial charge in [-0.15, -0.1) is 0 Å². The molecule has 0 bridgehead atoms. The first-order valence-corrected chi connectivity index (χ1v) is 5.42. The maximum Gasteiger partial charge on any atom is 0.187 e. The van der Waals surface area contributed by atoms with Crippen LogP contribution in [0.15, 0.2) is 54.6 Å². The first kappa shape index (κ1) is 9.68. The monoisotopic (exact) mass is 218 g/mol. The predicted octanol–water partition coefficient (Wildman–Crippen LogP) is 4.39. The smallest absolute Gasteiger partial charge is 0.187 e. The Kier molecular flexibility index (Phi) is 2.16. The van der Waals surface area contributed by atoms with Crippen LogP contribution in [-0.4, -0.2) is 4.98 Å². The molecule has 0 atom stereocenters. The molecule has 3 aromatic rings. The van der Waals surface area contributed by atoms with Crippen LogP contribution < -0.4 is 0 Å². The normalized spacial score (nSPS) is 10.3.